The zero-order valence-electron chi connectivity index (χ0n) is 11.3. The predicted molar refractivity (Wildman–Crippen MR) is 74.7 cm³/mol. The second-order valence-corrected chi connectivity index (χ2v) is 6.63. The molecule has 1 aliphatic rings. The van der Waals surface area contributed by atoms with Crippen LogP contribution in [-0.2, 0) is 14.8 Å². The zero-order chi connectivity index (χ0) is 14.8. The highest BCUT2D eigenvalue weighted by atomic mass is 32.2. The summed E-state index contributed by atoms with van der Waals surface area (Å²) >= 11 is 0. The van der Waals surface area contributed by atoms with Gasteiger partial charge in [-0.05, 0) is 37.0 Å². The summed E-state index contributed by atoms with van der Waals surface area (Å²) in [6.07, 6.45) is 3.20. The number of nitrogen functional groups attached to an aromatic ring is 1. The third kappa shape index (κ3) is 3.10. The molecule has 1 aromatic rings. The molecular weight excluding hydrogens is 280 g/mol. The molecule has 3 N–H and O–H groups in total. The van der Waals surface area contributed by atoms with Gasteiger partial charge in [-0.25, -0.2) is 17.9 Å². The fraction of sp³-hybridized carbons (Fsp3) is 0.462. The van der Waals surface area contributed by atoms with E-state index in [1.165, 1.54) is 25.3 Å². The number of carbonyl (C=O) groups is 1. The quantitative estimate of drug-likeness (QED) is 0.627. The number of nitrogens with two attached hydrogens (primary N) is 1. The Labute approximate surface area is 118 Å². The molecule has 2 rings (SSSR count). The van der Waals surface area contributed by atoms with E-state index in [-0.39, 0.29) is 16.1 Å². The summed E-state index contributed by atoms with van der Waals surface area (Å²) in [5, 5.41) is 0. The molecular formula is C13H18N2O4S. The van der Waals surface area contributed by atoms with Crippen LogP contribution in [0.1, 0.15) is 29.6 Å². The standard InChI is InChI=1S/C13H18N2O4S/c1-19-13(16)11-6-5-10(14)7-12(11)20(17,18)15-8-9-3-2-4-9/h5-7,9,15H,2-4,8,14H2,1H3. The normalized spacial score (nSPS) is 15.7. The van der Waals surface area contributed by atoms with Crippen molar-refractivity contribution >= 4 is 21.7 Å². The van der Waals surface area contributed by atoms with E-state index in [0.29, 0.717) is 12.5 Å². The molecule has 20 heavy (non-hydrogen) atoms. The summed E-state index contributed by atoms with van der Waals surface area (Å²) in [7, 11) is -2.57. The van der Waals surface area contributed by atoms with Crippen molar-refractivity contribution in [2.24, 2.45) is 5.92 Å². The summed E-state index contributed by atoms with van der Waals surface area (Å²) in [5.74, 6) is -0.318. The zero-order valence-corrected chi connectivity index (χ0v) is 12.1. The number of rotatable bonds is 5. The lowest BCUT2D eigenvalue weighted by Gasteiger charge is -2.25. The second-order valence-electron chi connectivity index (χ2n) is 4.90. The number of carbonyl (C=O) groups excluding carboxylic acids is 1. The Morgan fingerprint density at radius 3 is 2.70 bits per heavy atom. The van der Waals surface area contributed by atoms with E-state index in [4.69, 9.17) is 5.73 Å². The molecule has 110 valence electrons. The molecule has 0 heterocycles. The van der Waals surface area contributed by atoms with E-state index in [1.807, 2.05) is 0 Å². The lowest BCUT2D eigenvalue weighted by Crippen LogP contribution is -2.33. The van der Waals surface area contributed by atoms with Gasteiger partial charge in [-0.2, -0.15) is 0 Å². The Bertz CT molecular complexity index is 609. The Morgan fingerprint density at radius 2 is 2.15 bits per heavy atom. The fourth-order valence-electron chi connectivity index (χ4n) is 2.04. The monoisotopic (exact) mass is 298 g/mol. The number of hydrogen-bond acceptors (Lipinski definition) is 5. The number of hydrogen-bond donors (Lipinski definition) is 2. The van der Waals surface area contributed by atoms with Crippen LogP contribution in [0, 0.1) is 5.92 Å². The van der Waals surface area contributed by atoms with Gasteiger partial charge in [0.25, 0.3) is 0 Å². The van der Waals surface area contributed by atoms with Gasteiger partial charge in [-0.3, -0.25) is 0 Å². The molecule has 0 aliphatic heterocycles. The highest BCUT2D eigenvalue weighted by molar-refractivity contribution is 7.89. The van der Waals surface area contributed by atoms with Crippen LogP contribution in [0.25, 0.3) is 0 Å². The lowest BCUT2D eigenvalue weighted by atomic mass is 9.86. The Balaban J connectivity index is 2.28. The van der Waals surface area contributed by atoms with Gasteiger partial charge in [0.05, 0.1) is 17.6 Å². The van der Waals surface area contributed by atoms with E-state index in [0.717, 1.165) is 19.3 Å². The van der Waals surface area contributed by atoms with Crippen LogP contribution in [0.2, 0.25) is 0 Å². The van der Waals surface area contributed by atoms with Crippen LogP contribution in [0.15, 0.2) is 23.1 Å². The SMILES string of the molecule is COC(=O)c1ccc(N)cc1S(=O)(=O)NCC1CCC1. The van der Waals surface area contributed by atoms with Crippen molar-refractivity contribution < 1.29 is 17.9 Å². The van der Waals surface area contributed by atoms with Crippen LogP contribution in [0.5, 0.6) is 0 Å². The molecule has 0 spiro atoms. The molecule has 1 fully saturated rings. The van der Waals surface area contributed by atoms with Crippen molar-refractivity contribution in [1.82, 2.24) is 4.72 Å². The molecule has 7 heteroatoms. The highest BCUT2D eigenvalue weighted by Crippen LogP contribution is 2.26. The molecule has 0 bridgehead atoms. The van der Waals surface area contributed by atoms with Gasteiger partial charge >= 0.3 is 5.97 Å². The number of ether oxygens (including phenoxy) is 1. The summed E-state index contributed by atoms with van der Waals surface area (Å²) in [6, 6.07) is 4.10. The van der Waals surface area contributed by atoms with Gasteiger partial charge in [-0.1, -0.05) is 6.42 Å². The largest absolute Gasteiger partial charge is 0.465 e. The number of methoxy groups -OCH3 is 1. The molecule has 1 saturated carbocycles. The van der Waals surface area contributed by atoms with Crippen molar-refractivity contribution in [3.8, 4) is 0 Å². The molecule has 1 aromatic carbocycles. The first kappa shape index (κ1) is 14.8. The van der Waals surface area contributed by atoms with E-state index in [2.05, 4.69) is 9.46 Å². The van der Waals surface area contributed by atoms with Gasteiger partial charge in [0.2, 0.25) is 10.0 Å². The van der Waals surface area contributed by atoms with Crippen molar-refractivity contribution in [2.75, 3.05) is 19.4 Å². The molecule has 0 radical (unpaired) electrons. The van der Waals surface area contributed by atoms with E-state index < -0.39 is 16.0 Å². The number of anilines is 1. The minimum Gasteiger partial charge on any atom is -0.465 e. The molecule has 6 nitrogen and oxygen atoms in total. The summed E-state index contributed by atoms with van der Waals surface area (Å²) in [4.78, 5) is 11.5. The third-order valence-corrected chi connectivity index (χ3v) is 4.95. The van der Waals surface area contributed by atoms with E-state index in [9.17, 15) is 13.2 Å². The first-order valence-corrected chi connectivity index (χ1v) is 7.90. The maximum absolute atomic E-state index is 12.3. The van der Waals surface area contributed by atoms with Crippen LogP contribution < -0.4 is 10.5 Å². The van der Waals surface area contributed by atoms with Gasteiger partial charge < -0.3 is 10.5 Å². The molecule has 0 unspecified atom stereocenters. The Morgan fingerprint density at radius 1 is 1.45 bits per heavy atom. The van der Waals surface area contributed by atoms with Crippen molar-refractivity contribution in [1.29, 1.82) is 0 Å². The smallest absolute Gasteiger partial charge is 0.339 e. The number of benzene rings is 1. The van der Waals surface area contributed by atoms with Gasteiger partial charge in [0, 0.05) is 12.2 Å². The first-order valence-electron chi connectivity index (χ1n) is 6.41. The van der Waals surface area contributed by atoms with Gasteiger partial charge in [-0.15, -0.1) is 0 Å². The molecule has 0 saturated heterocycles. The number of esters is 1. The summed E-state index contributed by atoms with van der Waals surface area (Å²) in [5.41, 5.74) is 5.88. The van der Waals surface area contributed by atoms with Crippen molar-refractivity contribution in [3.05, 3.63) is 23.8 Å². The van der Waals surface area contributed by atoms with Gasteiger partial charge in [0.1, 0.15) is 0 Å². The lowest BCUT2D eigenvalue weighted by molar-refractivity contribution is 0.0596. The average molecular weight is 298 g/mol. The summed E-state index contributed by atoms with van der Waals surface area (Å²) in [6.45, 7) is 0.387. The topological polar surface area (TPSA) is 98.5 Å². The highest BCUT2D eigenvalue weighted by Gasteiger charge is 2.25. The minimum absolute atomic E-state index is 0.0113. The van der Waals surface area contributed by atoms with Crippen LogP contribution in [0.3, 0.4) is 0 Å². The Kier molecular flexibility index (Phi) is 4.29. The predicted octanol–water partition coefficient (Wildman–Crippen LogP) is 1.13. The van der Waals surface area contributed by atoms with Crippen LogP contribution >= 0.6 is 0 Å². The second kappa shape index (κ2) is 5.80. The van der Waals surface area contributed by atoms with Crippen LogP contribution in [-0.4, -0.2) is 28.0 Å². The van der Waals surface area contributed by atoms with Crippen molar-refractivity contribution in [2.45, 2.75) is 24.2 Å². The Hall–Kier alpha value is -1.60. The van der Waals surface area contributed by atoms with Crippen LogP contribution in [0.4, 0.5) is 5.69 Å². The summed E-state index contributed by atoms with van der Waals surface area (Å²) < 4.78 is 31.7. The maximum atomic E-state index is 12.3. The fourth-order valence-corrected chi connectivity index (χ4v) is 3.38. The van der Waals surface area contributed by atoms with E-state index in [1.54, 1.807) is 0 Å². The maximum Gasteiger partial charge on any atom is 0.339 e. The average Bonchev–Trinajstić information content (AvgIpc) is 2.35. The molecule has 0 aromatic heterocycles. The molecule has 0 amide bonds. The molecule has 0 atom stereocenters. The third-order valence-electron chi connectivity index (χ3n) is 3.49. The van der Waals surface area contributed by atoms with E-state index >= 15 is 0 Å². The first-order chi connectivity index (χ1) is 9.44. The molecule has 1 aliphatic carbocycles. The van der Waals surface area contributed by atoms with Gasteiger partial charge in [0.15, 0.2) is 0 Å². The minimum atomic E-state index is -3.77. The van der Waals surface area contributed by atoms with Crippen molar-refractivity contribution in [3.63, 3.8) is 0 Å². The number of nitrogens with one attached hydrogen (secondary N) is 1. The number of sulfonamides is 1.